The lowest BCUT2D eigenvalue weighted by Gasteiger charge is -2.00. The fraction of sp³-hybridized carbons (Fsp3) is 0.125. The average molecular weight is 213 g/mol. The first-order valence-electron chi connectivity index (χ1n) is 3.90. The van der Waals surface area contributed by atoms with Crippen LogP contribution < -0.4 is 0 Å². The van der Waals surface area contributed by atoms with Crippen molar-refractivity contribution in [2.75, 3.05) is 0 Å². The lowest BCUT2D eigenvalue weighted by molar-refractivity contribution is -0.141. The Morgan fingerprint density at radius 2 is 2.13 bits per heavy atom. The minimum Gasteiger partial charge on any atom is -0.220 e. The van der Waals surface area contributed by atoms with Crippen molar-refractivity contribution in [3.8, 4) is 5.95 Å². The van der Waals surface area contributed by atoms with Gasteiger partial charge in [-0.2, -0.15) is 18.3 Å². The number of halogens is 3. The molecule has 0 aromatic carbocycles. The van der Waals surface area contributed by atoms with Gasteiger partial charge in [0.25, 0.3) is 5.95 Å². The number of nitrogens with zero attached hydrogens (tertiary/aromatic N) is 4. The summed E-state index contributed by atoms with van der Waals surface area (Å²) in [4.78, 5) is 7.38. The zero-order valence-corrected chi connectivity index (χ0v) is 7.23. The van der Waals surface area contributed by atoms with Crippen LogP contribution in [0.3, 0.4) is 0 Å². The molecule has 7 heteroatoms. The monoisotopic (exact) mass is 213 g/mol. The van der Waals surface area contributed by atoms with Crippen molar-refractivity contribution in [3.05, 3.63) is 36.4 Å². The summed E-state index contributed by atoms with van der Waals surface area (Å²) in [6.07, 6.45) is 0.515. The largest absolute Gasteiger partial charge is 0.435 e. The van der Waals surface area contributed by atoms with Crippen LogP contribution in [0.5, 0.6) is 0 Å². The summed E-state index contributed by atoms with van der Waals surface area (Å²) in [7, 11) is 0. The Kier molecular flexibility index (Phi) is 2.14. The molecule has 0 saturated carbocycles. The quantitative estimate of drug-likeness (QED) is 0.720. The van der Waals surface area contributed by atoms with Crippen LogP contribution in [0, 0.1) is 6.20 Å². The molecule has 0 aliphatic carbocycles. The lowest BCUT2D eigenvalue weighted by atomic mass is 10.4. The van der Waals surface area contributed by atoms with Crippen LogP contribution in [-0.2, 0) is 6.18 Å². The molecule has 0 aliphatic heterocycles. The SMILES string of the molecule is FC(F)(F)c1ccn(-c2n[c]ccn2)n1. The molecule has 2 rings (SSSR count). The van der Waals surface area contributed by atoms with Gasteiger partial charge in [-0.25, -0.2) is 14.6 Å². The molecule has 2 aromatic heterocycles. The van der Waals surface area contributed by atoms with E-state index >= 15 is 0 Å². The Hall–Kier alpha value is -1.92. The number of rotatable bonds is 1. The van der Waals surface area contributed by atoms with Gasteiger partial charge in [0.05, 0.1) is 6.20 Å². The summed E-state index contributed by atoms with van der Waals surface area (Å²) in [5, 5.41) is 3.30. The molecule has 77 valence electrons. The van der Waals surface area contributed by atoms with E-state index in [1.54, 1.807) is 0 Å². The molecule has 2 heterocycles. The molecule has 0 bridgehead atoms. The van der Waals surface area contributed by atoms with Crippen molar-refractivity contribution in [1.82, 2.24) is 19.7 Å². The van der Waals surface area contributed by atoms with E-state index in [2.05, 4.69) is 21.3 Å². The molecular weight excluding hydrogens is 209 g/mol. The van der Waals surface area contributed by atoms with Gasteiger partial charge in [-0.1, -0.05) is 0 Å². The van der Waals surface area contributed by atoms with E-state index in [4.69, 9.17) is 0 Å². The summed E-state index contributed by atoms with van der Waals surface area (Å²) < 4.78 is 37.5. The highest BCUT2D eigenvalue weighted by Crippen LogP contribution is 2.27. The second-order valence-corrected chi connectivity index (χ2v) is 2.63. The predicted molar refractivity (Wildman–Crippen MR) is 43.0 cm³/mol. The maximum absolute atomic E-state index is 12.2. The van der Waals surface area contributed by atoms with Crippen molar-refractivity contribution in [3.63, 3.8) is 0 Å². The maximum Gasteiger partial charge on any atom is 0.435 e. The zero-order chi connectivity index (χ0) is 10.9. The summed E-state index contributed by atoms with van der Waals surface area (Å²) in [6, 6.07) is 2.30. The van der Waals surface area contributed by atoms with Crippen LogP contribution in [0.2, 0.25) is 0 Å². The standard InChI is InChI=1S/C8H4F3N4/c9-8(10,11)6-2-5-15(14-6)7-12-3-1-4-13-7/h1-3,5H. The Morgan fingerprint density at radius 3 is 2.67 bits per heavy atom. The fourth-order valence-corrected chi connectivity index (χ4v) is 0.958. The molecule has 1 radical (unpaired) electrons. The van der Waals surface area contributed by atoms with Gasteiger partial charge in [0.1, 0.15) is 0 Å². The molecule has 2 aromatic rings. The first-order chi connectivity index (χ1) is 7.07. The van der Waals surface area contributed by atoms with Gasteiger partial charge >= 0.3 is 6.18 Å². The molecule has 0 saturated heterocycles. The highest BCUT2D eigenvalue weighted by molar-refractivity contribution is 5.12. The first kappa shape index (κ1) is 9.63. The Labute approximate surface area is 82.4 Å². The van der Waals surface area contributed by atoms with E-state index in [-0.39, 0.29) is 5.95 Å². The third-order valence-electron chi connectivity index (χ3n) is 1.59. The molecule has 15 heavy (non-hydrogen) atoms. The number of hydrogen-bond donors (Lipinski definition) is 0. The van der Waals surface area contributed by atoms with Crippen molar-refractivity contribution >= 4 is 0 Å². The average Bonchev–Trinajstić information content (AvgIpc) is 2.67. The van der Waals surface area contributed by atoms with Crippen molar-refractivity contribution in [1.29, 1.82) is 0 Å². The van der Waals surface area contributed by atoms with E-state index < -0.39 is 11.9 Å². The van der Waals surface area contributed by atoms with Gasteiger partial charge in [0.15, 0.2) is 5.69 Å². The molecule has 0 aliphatic rings. The summed E-state index contributed by atoms with van der Waals surface area (Å²) in [6.45, 7) is 0. The number of aromatic nitrogens is 4. The van der Waals surface area contributed by atoms with E-state index in [1.807, 2.05) is 0 Å². The third-order valence-corrected chi connectivity index (χ3v) is 1.59. The van der Waals surface area contributed by atoms with Gasteiger partial charge in [0.2, 0.25) is 0 Å². The maximum atomic E-state index is 12.2. The first-order valence-corrected chi connectivity index (χ1v) is 3.90. The van der Waals surface area contributed by atoms with Crippen LogP contribution in [0.25, 0.3) is 5.95 Å². The van der Waals surface area contributed by atoms with E-state index in [9.17, 15) is 13.2 Å². The molecule has 0 spiro atoms. The normalized spacial score (nSPS) is 11.7. The van der Waals surface area contributed by atoms with Crippen molar-refractivity contribution in [2.24, 2.45) is 0 Å². The number of hydrogen-bond acceptors (Lipinski definition) is 3. The van der Waals surface area contributed by atoms with Crippen LogP contribution >= 0.6 is 0 Å². The molecule has 0 fully saturated rings. The van der Waals surface area contributed by atoms with Crippen LogP contribution in [0.1, 0.15) is 5.69 Å². The Bertz CT molecular complexity index is 448. The smallest absolute Gasteiger partial charge is 0.220 e. The highest BCUT2D eigenvalue weighted by atomic mass is 19.4. The number of alkyl halides is 3. The van der Waals surface area contributed by atoms with Gasteiger partial charge < -0.3 is 0 Å². The topological polar surface area (TPSA) is 43.6 Å². The Balaban J connectivity index is 2.37. The third kappa shape index (κ3) is 1.95. The molecule has 0 atom stereocenters. The minimum atomic E-state index is -4.45. The van der Waals surface area contributed by atoms with Crippen molar-refractivity contribution in [2.45, 2.75) is 6.18 Å². The van der Waals surface area contributed by atoms with Crippen LogP contribution in [0.15, 0.2) is 24.5 Å². The molecule has 0 unspecified atom stereocenters. The van der Waals surface area contributed by atoms with E-state index in [0.29, 0.717) is 0 Å². The predicted octanol–water partition coefficient (Wildman–Crippen LogP) is 1.48. The second kappa shape index (κ2) is 3.34. The van der Waals surface area contributed by atoms with Gasteiger partial charge in [-0.3, -0.25) is 0 Å². The van der Waals surface area contributed by atoms with E-state index in [1.165, 1.54) is 12.3 Å². The minimum absolute atomic E-state index is 0.0491. The van der Waals surface area contributed by atoms with Crippen molar-refractivity contribution < 1.29 is 13.2 Å². The van der Waals surface area contributed by atoms with Gasteiger partial charge in [-0.05, 0) is 12.1 Å². The molecular formula is C8H4F3N4. The fourth-order valence-electron chi connectivity index (χ4n) is 0.958. The lowest BCUT2D eigenvalue weighted by Crippen LogP contribution is -2.08. The summed E-state index contributed by atoms with van der Waals surface area (Å²) >= 11 is 0. The van der Waals surface area contributed by atoms with Gasteiger partial charge in [0, 0.05) is 12.4 Å². The molecule has 0 N–H and O–H groups in total. The highest BCUT2D eigenvalue weighted by Gasteiger charge is 2.33. The van der Waals surface area contributed by atoms with Gasteiger partial charge in [-0.15, -0.1) is 0 Å². The van der Waals surface area contributed by atoms with E-state index in [0.717, 1.165) is 16.9 Å². The Morgan fingerprint density at radius 1 is 1.33 bits per heavy atom. The zero-order valence-electron chi connectivity index (χ0n) is 7.23. The van der Waals surface area contributed by atoms with Crippen LogP contribution in [0.4, 0.5) is 13.2 Å². The summed E-state index contributed by atoms with van der Waals surface area (Å²) in [5.41, 5.74) is -0.977. The molecule has 4 nitrogen and oxygen atoms in total. The summed E-state index contributed by atoms with van der Waals surface area (Å²) in [5.74, 6) is 0.0491. The molecule has 0 amide bonds. The van der Waals surface area contributed by atoms with Crippen LogP contribution in [-0.4, -0.2) is 19.7 Å². The second-order valence-electron chi connectivity index (χ2n) is 2.63.